The largest absolute Gasteiger partial charge is 0.454 e. The van der Waals surface area contributed by atoms with Crippen LogP contribution >= 0.6 is 15.9 Å². The topological polar surface area (TPSA) is 52.4 Å². The third kappa shape index (κ3) is 3.39. The number of nitrogens with zero attached hydrogens (tertiary/aromatic N) is 1. The molecule has 0 saturated heterocycles. The lowest BCUT2D eigenvalue weighted by Crippen LogP contribution is -1.97. The standard InChI is InChI=1S/C15H13BrFNO3/c1-9-3-4-14(11(5-9)8-16)21-15-6-10(2)13(18(19)20)7-12(15)17/h3-7H,8H2,1-2H3. The number of rotatable bonds is 4. The Labute approximate surface area is 129 Å². The molecule has 0 unspecified atom stereocenters. The number of hydrogen-bond acceptors (Lipinski definition) is 3. The molecule has 21 heavy (non-hydrogen) atoms. The first-order chi connectivity index (χ1) is 9.92. The van der Waals surface area contributed by atoms with Gasteiger partial charge < -0.3 is 4.74 Å². The van der Waals surface area contributed by atoms with E-state index >= 15 is 0 Å². The van der Waals surface area contributed by atoms with Gasteiger partial charge in [0.05, 0.1) is 11.0 Å². The van der Waals surface area contributed by atoms with Crippen LogP contribution in [-0.2, 0) is 5.33 Å². The summed E-state index contributed by atoms with van der Waals surface area (Å²) in [7, 11) is 0. The smallest absolute Gasteiger partial charge is 0.275 e. The second kappa shape index (κ2) is 6.22. The van der Waals surface area contributed by atoms with Crippen LogP contribution in [0.2, 0.25) is 0 Å². The van der Waals surface area contributed by atoms with E-state index in [1.54, 1.807) is 13.0 Å². The van der Waals surface area contributed by atoms with Crippen molar-refractivity contribution in [2.75, 3.05) is 0 Å². The van der Waals surface area contributed by atoms with Gasteiger partial charge in [-0.05, 0) is 26.0 Å². The first kappa shape index (κ1) is 15.4. The van der Waals surface area contributed by atoms with Gasteiger partial charge in [0.15, 0.2) is 11.6 Å². The molecule has 0 saturated carbocycles. The number of benzene rings is 2. The summed E-state index contributed by atoms with van der Waals surface area (Å²) in [6, 6.07) is 7.76. The molecule has 2 rings (SSSR count). The summed E-state index contributed by atoms with van der Waals surface area (Å²) >= 11 is 3.36. The summed E-state index contributed by atoms with van der Waals surface area (Å²) in [5, 5.41) is 11.3. The summed E-state index contributed by atoms with van der Waals surface area (Å²) in [5.74, 6) is -0.262. The van der Waals surface area contributed by atoms with Gasteiger partial charge in [-0.25, -0.2) is 4.39 Å². The molecular weight excluding hydrogens is 341 g/mol. The van der Waals surface area contributed by atoms with E-state index in [1.165, 1.54) is 6.07 Å². The number of nitro groups is 1. The maximum Gasteiger partial charge on any atom is 0.275 e. The van der Waals surface area contributed by atoms with E-state index in [0.29, 0.717) is 16.6 Å². The normalized spacial score (nSPS) is 10.5. The van der Waals surface area contributed by atoms with Gasteiger partial charge in [-0.3, -0.25) is 10.1 Å². The minimum absolute atomic E-state index is 0.0239. The van der Waals surface area contributed by atoms with Crippen molar-refractivity contribution in [1.29, 1.82) is 0 Å². The summed E-state index contributed by atoms with van der Waals surface area (Å²) in [4.78, 5) is 10.2. The van der Waals surface area contributed by atoms with Gasteiger partial charge in [-0.2, -0.15) is 0 Å². The zero-order chi connectivity index (χ0) is 15.6. The maximum atomic E-state index is 13.9. The van der Waals surface area contributed by atoms with Crippen molar-refractivity contribution >= 4 is 21.6 Å². The van der Waals surface area contributed by atoms with Gasteiger partial charge in [0, 0.05) is 16.5 Å². The van der Waals surface area contributed by atoms with Crippen LogP contribution in [0.5, 0.6) is 11.5 Å². The summed E-state index contributed by atoms with van der Waals surface area (Å²) in [6.45, 7) is 3.50. The Kier molecular flexibility index (Phi) is 4.57. The molecule has 110 valence electrons. The van der Waals surface area contributed by atoms with Gasteiger partial charge in [0.25, 0.3) is 5.69 Å². The van der Waals surface area contributed by atoms with Crippen LogP contribution in [0.15, 0.2) is 30.3 Å². The minimum Gasteiger partial charge on any atom is -0.454 e. The van der Waals surface area contributed by atoms with Gasteiger partial charge in [-0.15, -0.1) is 0 Å². The summed E-state index contributed by atoms with van der Waals surface area (Å²) in [6.07, 6.45) is 0. The molecule has 4 nitrogen and oxygen atoms in total. The minimum atomic E-state index is -0.756. The molecule has 0 bridgehead atoms. The molecule has 0 radical (unpaired) electrons. The van der Waals surface area contributed by atoms with E-state index in [4.69, 9.17) is 4.74 Å². The fourth-order valence-electron chi connectivity index (χ4n) is 1.95. The van der Waals surface area contributed by atoms with Crippen LogP contribution in [0.3, 0.4) is 0 Å². The molecule has 0 spiro atoms. The summed E-state index contributed by atoms with van der Waals surface area (Å²) < 4.78 is 19.5. The Hall–Kier alpha value is -1.95. The number of hydrogen-bond donors (Lipinski definition) is 0. The number of nitro benzene ring substituents is 1. The van der Waals surface area contributed by atoms with E-state index < -0.39 is 10.7 Å². The molecule has 0 aliphatic rings. The van der Waals surface area contributed by atoms with Crippen molar-refractivity contribution < 1.29 is 14.1 Å². The number of halogens is 2. The molecule has 0 atom stereocenters. The molecule has 2 aromatic rings. The molecule has 0 fully saturated rings. The first-order valence-electron chi connectivity index (χ1n) is 6.20. The fourth-order valence-corrected chi connectivity index (χ4v) is 2.39. The lowest BCUT2D eigenvalue weighted by atomic mass is 10.1. The molecule has 0 aliphatic carbocycles. The third-order valence-corrected chi connectivity index (χ3v) is 3.63. The summed E-state index contributed by atoms with van der Waals surface area (Å²) in [5.41, 5.74) is 2.04. The Bertz CT molecular complexity index is 704. The van der Waals surface area contributed by atoms with E-state index in [9.17, 15) is 14.5 Å². The van der Waals surface area contributed by atoms with E-state index in [0.717, 1.165) is 17.2 Å². The molecule has 0 amide bonds. The molecule has 0 aromatic heterocycles. The molecule has 0 heterocycles. The van der Waals surface area contributed by atoms with E-state index in [1.807, 2.05) is 19.1 Å². The monoisotopic (exact) mass is 353 g/mol. The lowest BCUT2D eigenvalue weighted by molar-refractivity contribution is -0.385. The number of alkyl halides is 1. The molecule has 2 aromatic carbocycles. The highest BCUT2D eigenvalue weighted by Gasteiger charge is 2.17. The van der Waals surface area contributed by atoms with Crippen LogP contribution in [0, 0.1) is 29.8 Å². The SMILES string of the molecule is Cc1ccc(Oc2cc(C)c([N+](=O)[O-])cc2F)c(CBr)c1. The van der Waals surface area contributed by atoms with Crippen LogP contribution in [0.1, 0.15) is 16.7 Å². The van der Waals surface area contributed by atoms with Crippen molar-refractivity contribution in [2.24, 2.45) is 0 Å². The van der Waals surface area contributed by atoms with Gasteiger partial charge in [0.2, 0.25) is 0 Å². The highest BCUT2D eigenvalue weighted by molar-refractivity contribution is 9.08. The predicted octanol–water partition coefficient (Wildman–Crippen LogP) is 5.04. The highest BCUT2D eigenvalue weighted by Crippen LogP contribution is 2.33. The average Bonchev–Trinajstić information content (AvgIpc) is 2.43. The van der Waals surface area contributed by atoms with Gasteiger partial charge in [-0.1, -0.05) is 33.6 Å². The van der Waals surface area contributed by atoms with Crippen molar-refractivity contribution in [3.63, 3.8) is 0 Å². The Balaban J connectivity index is 2.41. The van der Waals surface area contributed by atoms with Gasteiger partial charge >= 0.3 is 0 Å². The Morgan fingerprint density at radius 3 is 2.57 bits per heavy atom. The predicted molar refractivity (Wildman–Crippen MR) is 81.7 cm³/mol. The molecule has 0 N–H and O–H groups in total. The van der Waals surface area contributed by atoms with Crippen LogP contribution in [-0.4, -0.2) is 4.92 Å². The molecule has 0 aliphatic heterocycles. The van der Waals surface area contributed by atoms with E-state index in [-0.39, 0.29) is 11.4 Å². The van der Waals surface area contributed by atoms with Crippen molar-refractivity contribution in [3.8, 4) is 11.5 Å². The fraction of sp³-hybridized carbons (Fsp3) is 0.200. The van der Waals surface area contributed by atoms with Crippen molar-refractivity contribution in [2.45, 2.75) is 19.2 Å². The number of aryl methyl sites for hydroxylation is 2. The second-order valence-electron chi connectivity index (χ2n) is 4.67. The zero-order valence-electron chi connectivity index (χ0n) is 11.5. The highest BCUT2D eigenvalue weighted by atomic mass is 79.9. The quantitative estimate of drug-likeness (QED) is 0.439. The van der Waals surface area contributed by atoms with Crippen LogP contribution in [0.4, 0.5) is 10.1 Å². The van der Waals surface area contributed by atoms with Gasteiger partial charge in [0.1, 0.15) is 5.75 Å². The zero-order valence-corrected chi connectivity index (χ0v) is 13.1. The lowest BCUT2D eigenvalue weighted by Gasteiger charge is -2.12. The third-order valence-electron chi connectivity index (χ3n) is 3.03. The van der Waals surface area contributed by atoms with Crippen LogP contribution < -0.4 is 4.74 Å². The average molecular weight is 354 g/mol. The Morgan fingerprint density at radius 1 is 1.24 bits per heavy atom. The van der Waals surface area contributed by atoms with Crippen molar-refractivity contribution in [1.82, 2.24) is 0 Å². The first-order valence-corrected chi connectivity index (χ1v) is 7.32. The van der Waals surface area contributed by atoms with E-state index in [2.05, 4.69) is 15.9 Å². The van der Waals surface area contributed by atoms with Crippen molar-refractivity contribution in [3.05, 3.63) is 63.0 Å². The maximum absolute atomic E-state index is 13.9. The van der Waals surface area contributed by atoms with Crippen LogP contribution in [0.25, 0.3) is 0 Å². The number of ether oxygens (including phenoxy) is 1. The Morgan fingerprint density at radius 2 is 1.95 bits per heavy atom. The molecule has 6 heteroatoms. The molecular formula is C15H13BrFNO3. The second-order valence-corrected chi connectivity index (χ2v) is 5.23.